The summed E-state index contributed by atoms with van der Waals surface area (Å²) in [5.41, 5.74) is 3.68. The molecular formula is C26H39N5O. The van der Waals surface area contributed by atoms with Crippen molar-refractivity contribution in [3.63, 3.8) is 0 Å². The van der Waals surface area contributed by atoms with E-state index in [1.54, 1.807) is 0 Å². The minimum Gasteiger partial charge on any atom is -0.339 e. The van der Waals surface area contributed by atoms with E-state index in [9.17, 15) is 4.79 Å². The van der Waals surface area contributed by atoms with Crippen molar-refractivity contribution in [2.45, 2.75) is 58.7 Å². The molecule has 1 aromatic carbocycles. The van der Waals surface area contributed by atoms with Crippen molar-refractivity contribution in [1.82, 2.24) is 24.9 Å². The van der Waals surface area contributed by atoms with Crippen LogP contribution in [0.25, 0.3) is 0 Å². The number of nitrogens with one attached hydrogen (secondary N) is 1. The summed E-state index contributed by atoms with van der Waals surface area (Å²) >= 11 is 0. The van der Waals surface area contributed by atoms with Crippen LogP contribution in [0.3, 0.4) is 0 Å². The highest BCUT2D eigenvalue weighted by Crippen LogP contribution is 2.31. The Balaban J connectivity index is 1.25. The zero-order chi connectivity index (χ0) is 22.5. The van der Waals surface area contributed by atoms with Gasteiger partial charge in [0.25, 0.3) is 0 Å². The van der Waals surface area contributed by atoms with E-state index < -0.39 is 0 Å². The molecule has 2 aromatic rings. The Kier molecular flexibility index (Phi) is 7.63. The first kappa shape index (κ1) is 23.0. The third-order valence-electron chi connectivity index (χ3n) is 7.47. The molecule has 0 unspecified atom stereocenters. The number of benzene rings is 1. The molecule has 2 saturated heterocycles. The van der Waals surface area contributed by atoms with Crippen molar-refractivity contribution in [2.75, 3.05) is 26.2 Å². The van der Waals surface area contributed by atoms with Gasteiger partial charge in [-0.05, 0) is 57.1 Å². The smallest absolute Gasteiger partial charge is 0.222 e. The number of likely N-dealkylation sites (tertiary alicyclic amines) is 1. The van der Waals surface area contributed by atoms with Gasteiger partial charge in [-0.2, -0.15) is 5.10 Å². The molecule has 2 fully saturated rings. The van der Waals surface area contributed by atoms with Crippen LogP contribution in [0.15, 0.2) is 36.5 Å². The van der Waals surface area contributed by atoms with E-state index in [1.807, 2.05) is 22.8 Å². The van der Waals surface area contributed by atoms with Crippen LogP contribution in [0.1, 0.15) is 49.4 Å². The maximum Gasteiger partial charge on any atom is 0.222 e. The summed E-state index contributed by atoms with van der Waals surface area (Å²) in [7, 11) is 1.95. The maximum absolute atomic E-state index is 12.9. The number of carbonyl (C=O) groups excluding carboxylic acids is 1. The monoisotopic (exact) mass is 437 g/mol. The van der Waals surface area contributed by atoms with E-state index in [-0.39, 0.29) is 5.91 Å². The van der Waals surface area contributed by atoms with Gasteiger partial charge < -0.3 is 10.2 Å². The van der Waals surface area contributed by atoms with Gasteiger partial charge in [0.1, 0.15) is 0 Å². The van der Waals surface area contributed by atoms with Crippen molar-refractivity contribution >= 4 is 5.91 Å². The fourth-order valence-electron chi connectivity index (χ4n) is 5.49. The molecule has 2 bridgehead atoms. The minimum atomic E-state index is 0.263. The molecule has 3 heterocycles. The maximum atomic E-state index is 12.9. The van der Waals surface area contributed by atoms with E-state index in [4.69, 9.17) is 0 Å². The zero-order valence-corrected chi connectivity index (χ0v) is 20.0. The van der Waals surface area contributed by atoms with Crippen molar-refractivity contribution in [3.8, 4) is 0 Å². The lowest BCUT2D eigenvalue weighted by Gasteiger charge is -2.46. The largest absolute Gasteiger partial charge is 0.339 e. The van der Waals surface area contributed by atoms with Crippen LogP contribution in [-0.2, 0) is 24.9 Å². The number of rotatable bonds is 9. The van der Waals surface area contributed by atoms with Gasteiger partial charge in [-0.15, -0.1) is 0 Å². The third-order valence-corrected chi connectivity index (χ3v) is 7.47. The number of aryl methyl sites for hydroxylation is 1. The summed E-state index contributed by atoms with van der Waals surface area (Å²) in [5, 5.41) is 8.12. The number of hydrogen-bond donors (Lipinski definition) is 1. The van der Waals surface area contributed by atoms with E-state index in [0.717, 1.165) is 49.7 Å². The number of amides is 1. The van der Waals surface area contributed by atoms with Gasteiger partial charge in [0, 0.05) is 63.5 Å². The number of nitrogens with zero attached hydrogens (tertiary/aromatic N) is 4. The standard InChI is InChI=1S/C26H39N5O/c1-4-31(19-24-15-28-29(3)20(24)2)26(32)12-8-11-25-23-13-22(14-27-25)17-30(18-23)16-21-9-6-5-7-10-21/h5-7,9-10,15,22-23,25,27H,4,8,11-14,16-19H2,1-3H3/t22-,23+,25+/m0/s1. The van der Waals surface area contributed by atoms with Crippen molar-refractivity contribution in [1.29, 1.82) is 0 Å². The van der Waals surface area contributed by atoms with E-state index >= 15 is 0 Å². The van der Waals surface area contributed by atoms with E-state index in [2.05, 4.69) is 59.5 Å². The number of aromatic nitrogens is 2. The molecule has 6 nitrogen and oxygen atoms in total. The van der Waals surface area contributed by atoms with Crippen molar-refractivity contribution in [2.24, 2.45) is 18.9 Å². The van der Waals surface area contributed by atoms with E-state index in [1.165, 1.54) is 25.1 Å². The molecule has 0 saturated carbocycles. The summed E-state index contributed by atoms with van der Waals surface area (Å²) in [5.74, 6) is 1.72. The molecule has 0 radical (unpaired) electrons. The van der Waals surface area contributed by atoms with Gasteiger partial charge in [0.2, 0.25) is 5.91 Å². The molecule has 2 aliphatic rings. The number of fused-ring (bicyclic) bond motifs is 2. The van der Waals surface area contributed by atoms with Crippen LogP contribution in [0.4, 0.5) is 0 Å². The molecule has 1 aromatic heterocycles. The molecule has 1 amide bonds. The minimum absolute atomic E-state index is 0.263. The second-order valence-corrected chi connectivity index (χ2v) is 9.74. The van der Waals surface area contributed by atoms with Crippen molar-refractivity contribution in [3.05, 3.63) is 53.3 Å². The Morgan fingerprint density at radius 1 is 1.25 bits per heavy atom. The highest BCUT2D eigenvalue weighted by atomic mass is 16.2. The molecule has 0 aliphatic carbocycles. The van der Waals surface area contributed by atoms with Gasteiger partial charge in [-0.3, -0.25) is 14.4 Å². The third kappa shape index (κ3) is 5.59. The zero-order valence-electron chi connectivity index (χ0n) is 20.0. The van der Waals surface area contributed by atoms with E-state index in [0.29, 0.717) is 24.9 Å². The molecule has 2 aliphatic heterocycles. The number of carbonyl (C=O) groups is 1. The summed E-state index contributed by atoms with van der Waals surface area (Å²) in [6.45, 7) is 10.1. The predicted octanol–water partition coefficient (Wildman–Crippen LogP) is 3.36. The Labute approximate surface area is 193 Å². The molecule has 4 rings (SSSR count). The average Bonchev–Trinajstić information content (AvgIpc) is 3.11. The van der Waals surface area contributed by atoms with Crippen LogP contribution in [-0.4, -0.2) is 57.7 Å². The summed E-state index contributed by atoms with van der Waals surface area (Å²) in [6, 6.07) is 11.4. The quantitative estimate of drug-likeness (QED) is 0.654. The molecule has 6 heteroatoms. The predicted molar refractivity (Wildman–Crippen MR) is 128 cm³/mol. The second-order valence-electron chi connectivity index (χ2n) is 9.74. The second kappa shape index (κ2) is 10.6. The van der Waals surface area contributed by atoms with Gasteiger partial charge in [-0.25, -0.2) is 0 Å². The number of piperidine rings is 2. The van der Waals surface area contributed by atoms with Gasteiger partial charge in [0.15, 0.2) is 0 Å². The first-order chi connectivity index (χ1) is 15.5. The van der Waals surface area contributed by atoms with Gasteiger partial charge in [-0.1, -0.05) is 30.3 Å². The Bertz CT molecular complexity index is 880. The van der Waals surface area contributed by atoms with Gasteiger partial charge >= 0.3 is 0 Å². The average molecular weight is 438 g/mol. The SMILES string of the molecule is CCN(Cc1cnn(C)c1C)C(=O)CCC[C@H]1NC[C@@H]2C[C@@H]1CN(Cc1ccccc1)C2. The first-order valence-electron chi connectivity index (χ1n) is 12.3. The molecule has 1 N–H and O–H groups in total. The van der Waals surface area contributed by atoms with Crippen LogP contribution in [0.5, 0.6) is 0 Å². The Morgan fingerprint density at radius 3 is 2.78 bits per heavy atom. The van der Waals surface area contributed by atoms with Crippen LogP contribution < -0.4 is 5.32 Å². The summed E-state index contributed by atoms with van der Waals surface area (Å²) in [4.78, 5) is 17.5. The van der Waals surface area contributed by atoms with Gasteiger partial charge in [0.05, 0.1) is 6.20 Å². The normalized spacial score (nSPS) is 23.3. The number of hydrogen-bond acceptors (Lipinski definition) is 4. The first-order valence-corrected chi connectivity index (χ1v) is 12.3. The van der Waals surface area contributed by atoms with Crippen molar-refractivity contribution < 1.29 is 4.79 Å². The molecule has 32 heavy (non-hydrogen) atoms. The molecule has 3 atom stereocenters. The summed E-state index contributed by atoms with van der Waals surface area (Å²) in [6.07, 6.45) is 5.90. The highest BCUT2D eigenvalue weighted by molar-refractivity contribution is 5.76. The Hall–Kier alpha value is -2.18. The molecular weight excluding hydrogens is 398 g/mol. The fourth-order valence-corrected chi connectivity index (χ4v) is 5.49. The van der Waals surface area contributed by atoms with Crippen LogP contribution >= 0.6 is 0 Å². The molecule has 0 spiro atoms. The summed E-state index contributed by atoms with van der Waals surface area (Å²) < 4.78 is 1.88. The topological polar surface area (TPSA) is 53.4 Å². The Morgan fingerprint density at radius 2 is 2.06 bits per heavy atom. The lowest BCUT2D eigenvalue weighted by molar-refractivity contribution is -0.131. The lowest BCUT2D eigenvalue weighted by atomic mass is 9.79. The fraction of sp³-hybridized carbons (Fsp3) is 0.615. The lowest BCUT2D eigenvalue weighted by Crippen LogP contribution is -2.55. The van der Waals surface area contributed by atoms with Crippen LogP contribution in [0.2, 0.25) is 0 Å². The molecule has 174 valence electrons. The van der Waals surface area contributed by atoms with Crippen LogP contribution in [0, 0.1) is 18.8 Å². The highest BCUT2D eigenvalue weighted by Gasteiger charge is 2.36.